The molecule has 0 fully saturated rings. The third-order valence-electron chi connectivity index (χ3n) is 13.8. The van der Waals surface area contributed by atoms with Crippen LogP contribution in [-0.4, -0.2) is 23.0 Å². The minimum absolute atomic E-state index is 0.262. The minimum Gasteiger partial charge on any atom is -0.459 e. The lowest BCUT2D eigenvalue weighted by Gasteiger charge is -2.35. The van der Waals surface area contributed by atoms with E-state index in [4.69, 9.17) is 18.9 Å². The van der Waals surface area contributed by atoms with Crippen molar-refractivity contribution in [1.82, 2.24) is 9.55 Å². The van der Waals surface area contributed by atoms with Gasteiger partial charge in [-0.15, -0.1) is 0 Å². The lowest BCUT2D eigenvalue weighted by Crippen LogP contribution is -2.61. The summed E-state index contributed by atoms with van der Waals surface area (Å²) in [5.74, 6) is 3.74. The fourth-order valence-electron chi connectivity index (χ4n) is 11.0. The zero-order chi connectivity index (χ0) is 43.3. The van der Waals surface area contributed by atoms with Gasteiger partial charge in [-0.3, -0.25) is 4.57 Å². The van der Waals surface area contributed by atoms with E-state index in [0.29, 0.717) is 22.7 Å². The van der Waals surface area contributed by atoms with Gasteiger partial charge in [0.2, 0.25) is 0 Å². The average molecular weight is 843 g/mol. The largest absolute Gasteiger partial charge is 0.459 e. The number of furan rings is 1. The Morgan fingerprint density at radius 1 is 0.379 bits per heavy atom. The van der Waals surface area contributed by atoms with E-state index < -0.39 is 0 Å². The molecule has 66 heavy (non-hydrogen) atoms. The van der Waals surface area contributed by atoms with Crippen LogP contribution in [0.1, 0.15) is 0 Å². The van der Waals surface area contributed by atoms with E-state index in [1.54, 1.807) is 0 Å². The van der Waals surface area contributed by atoms with Crippen molar-refractivity contribution in [1.29, 1.82) is 0 Å². The molecule has 0 radical (unpaired) electrons. The molecule has 0 amide bonds. The fraction of sp³-hybridized carbons (Fsp3) is 0. The van der Waals surface area contributed by atoms with Gasteiger partial charge in [0.05, 0.1) is 11.0 Å². The van der Waals surface area contributed by atoms with Crippen molar-refractivity contribution in [3.05, 3.63) is 219 Å². The van der Waals surface area contributed by atoms with Crippen LogP contribution in [0.4, 0.5) is 0 Å². The van der Waals surface area contributed by atoms with E-state index in [-0.39, 0.29) is 13.4 Å². The van der Waals surface area contributed by atoms with Crippen molar-refractivity contribution < 1.29 is 13.9 Å². The quantitative estimate of drug-likeness (QED) is 0.162. The topological polar surface area (TPSA) is 49.4 Å². The van der Waals surface area contributed by atoms with Gasteiger partial charge in [0.1, 0.15) is 17.2 Å². The molecule has 0 unspecified atom stereocenters. The monoisotopic (exact) mass is 842 g/mol. The molecule has 12 aromatic rings. The van der Waals surface area contributed by atoms with Crippen molar-refractivity contribution >= 4 is 89.9 Å². The number of para-hydroxylation sites is 4. The van der Waals surface area contributed by atoms with Crippen molar-refractivity contribution in [2.24, 2.45) is 0 Å². The Bertz CT molecular complexity index is 3860. The van der Waals surface area contributed by atoms with Gasteiger partial charge >= 0.3 is 0 Å². The lowest BCUT2D eigenvalue weighted by molar-refractivity contribution is 0.466. The fourth-order valence-corrected chi connectivity index (χ4v) is 11.0. The van der Waals surface area contributed by atoms with E-state index >= 15 is 0 Å². The van der Waals surface area contributed by atoms with Gasteiger partial charge in [-0.05, 0) is 69.0 Å². The zero-order valence-corrected chi connectivity index (χ0v) is 35.6. The van der Waals surface area contributed by atoms with E-state index in [9.17, 15) is 0 Å². The Morgan fingerprint density at radius 3 is 1.44 bits per heavy atom. The third kappa shape index (κ3) is 5.34. The van der Waals surface area contributed by atoms with Crippen molar-refractivity contribution in [3.63, 3.8) is 0 Å². The van der Waals surface area contributed by atoms with E-state index in [1.165, 1.54) is 5.46 Å². The molecule has 0 atom stereocenters. The first kappa shape index (κ1) is 36.9. The second-order valence-corrected chi connectivity index (χ2v) is 17.2. The van der Waals surface area contributed by atoms with Crippen molar-refractivity contribution in [2.45, 2.75) is 0 Å². The zero-order valence-electron chi connectivity index (χ0n) is 35.6. The van der Waals surface area contributed by atoms with E-state index in [2.05, 4.69) is 211 Å². The predicted octanol–water partition coefficient (Wildman–Crippen LogP) is 10.7. The SMILES string of the molecule is c1ccc(-c2ccccc2B2c3ccccc3Oc3c2c2c(c4c3oc3c(-n5c6ccccc6c6ccccc65)nccc34)B(c3ccccc3-c3ccccc3)c3ccccc3O2)cc1. The van der Waals surface area contributed by atoms with Crippen LogP contribution in [0.3, 0.4) is 0 Å². The average Bonchev–Trinajstić information content (AvgIpc) is 3.95. The number of pyridine rings is 1. The van der Waals surface area contributed by atoms with Crippen LogP contribution in [0.25, 0.3) is 71.8 Å². The number of hydrogen-bond acceptors (Lipinski definition) is 4. The molecular weight excluding hydrogens is 806 g/mol. The molecule has 0 saturated carbocycles. The van der Waals surface area contributed by atoms with Gasteiger partial charge in [-0.25, -0.2) is 4.98 Å². The first-order valence-corrected chi connectivity index (χ1v) is 22.5. The maximum absolute atomic E-state index is 7.51. The molecule has 0 aliphatic carbocycles. The molecular formula is C59H36B2N2O3. The van der Waals surface area contributed by atoms with Crippen LogP contribution in [-0.2, 0) is 0 Å². The molecule has 0 saturated heterocycles. The molecule has 5 nitrogen and oxygen atoms in total. The Balaban J connectivity index is 1.16. The van der Waals surface area contributed by atoms with Crippen LogP contribution >= 0.6 is 0 Å². The summed E-state index contributed by atoms with van der Waals surface area (Å²) in [5, 5.41) is 4.19. The maximum Gasteiger partial charge on any atom is 0.256 e. The number of ether oxygens (including phenoxy) is 2. The van der Waals surface area contributed by atoms with Gasteiger partial charge in [0.15, 0.2) is 22.7 Å². The lowest BCUT2D eigenvalue weighted by atomic mass is 9.31. The first-order chi connectivity index (χ1) is 32.8. The van der Waals surface area contributed by atoms with Crippen LogP contribution in [0, 0.1) is 0 Å². The van der Waals surface area contributed by atoms with Crippen molar-refractivity contribution in [3.8, 4) is 51.1 Å². The van der Waals surface area contributed by atoms with Crippen LogP contribution < -0.4 is 42.3 Å². The number of hydrogen-bond donors (Lipinski definition) is 0. The van der Waals surface area contributed by atoms with Gasteiger partial charge < -0.3 is 13.9 Å². The minimum atomic E-state index is -0.294. The molecule has 3 aromatic heterocycles. The molecule has 0 N–H and O–H groups in total. The normalized spacial score (nSPS) is 12.7. The van der Waals surface area contributed by atoms with E-state index in [0.717, 1.165) is 99.4 Å². The summed E-state index contributed by atoms with van der Waals surface area (Å²) >= 11 is 0. The summed E-state index contributed by atoms with van der Waals surface area (Å²) in [6.07, 6.45) is 1.92. The van der Waals surface area contributed by atoms with Gasteiger partial charge in [0, 0.05) is 33.2 Å². The third-order valence-corrected chi connectivity index (χ3v) is 13.8. The highest BCUT2D eigenvalue weighted by atomic mass is 16.5. The number of aromatic nitrogens is 2. The second kappa shape index (κ2) is 14.5. The molecule has 306 valence electrons. The van der Waals surface area contributed by atoms with Crippen LogP contribution in [0.5, 0.6) is 23.0 Å². The molecule has 7 heteroatoms. The first-order valence-electron chi connectivity index (χ1n) is 22.5. The molecule has 0 bridgehead atoms. The Labute approximate surface area is 381 Å². The highest BCUT2D eigenvalue weighted by Crippen LogP contribution is 2.44. The van der Waals surface area contributed by atoms with Gasteiger partial charge in [-0.2, -0.15) is 0 Å². The summed E-state index contributed by atoms with van der Waals surface area (Å²) in [6.45, 7) is -0.556. The summed E-state index contributed by atoms with van der Waals surface area (Å²) in [5.41, 5.74) is 14.5. The summed E-state index contributed by atoms with van der Waals surface area (Å²) < 4.78 is 24.5. The van der Waals surface area contributed by atoms with Crippen LogP contribution in [0.2, 0.25) is 0 Å². The van der Waals surface area contributed by atoms with Crippen LogP contribution in [0.15, 0.2) is 223 Å². The van der Waals surface area contributed by atoms with Gasteiger partial charge in [-0.1, -0.05) is 193 Å². The van der Waals surface area contributed by atoms with Gasteiger partial charge in [0.25, 0.3) is 13.4 Å². The molecule has 0 spiro atoms. The smallest absolute Gasteiger partial charge is 0.256 e. The predicted molar refractivity (Wildman–Crippen MR) is 272 cm³/mol. The van der Waals surface area contributed by atoms with Crippen molar-refractivity contribution in [2.75, 3.05) is 0 Å². The molecule has 9 aromatic carbocycles. The Kier molecular flexibility index (Phi) is 8.10. The molecule has 14 rings (SSSR count). The highest BCUT2D eigenvalue weighted by Gasteiger charge is 2.46. The molecule has 5 heterocycles. The molecule has 2 aliphatic rings. The Hall–Kier alpha value is -8.54. The summed E-state index contributed by atoms with van der Waals surface area (Å²) in [7, 11) is 0. The second-order valence-electron chi connectivity index (χ2n) is 17.2. The number of rotatable bonds is 5. The maximum atomic E-state index is 7.51. The molecule has 2 aliphatic heterocycles. The van der Waals surface area contributed by atoms with E-state index in [1.807, 2.05) is 12.3 Å². The standard InChI is InChI=1S/C59H36B2N2O3/c1-3-19-37(20-4-1)39-23-7-11-27-44(39)60-46-29-13-17-33-50(46)64-57-53(60)52-43-35-36-62-59(63-48-31-15-9-25-41(48)42-26-10-16-32-49(42)63)55(43)66-56(52)58-54(57)61(47-30-14-18-34-51(47)65-58)45-28-12-8-24-40(45)38-21-5-2-6-22-38/h1-36H. The number of nitrogens with zero attached hydrogens (tertiary/aromatic N) is 2. The highest BCUT2D eigenvalue weighted by molar-refractivity contribution is 7.02. The number of benzene rings is 9. The number of fused-ring (bicyclic) bond motifs is 13. The summed E-state index contributed by atoms with van der Waals surface area (Å²) in [6, 6.07) is 75.1. The summed E-state index contributed by atoms with van der Waals surface area (Å²) in [4.78, 5) is 5.18. The Morgan fingerprint density at radius 2 is 0.848 bits per heavy atom.